The van der Waals surface area contributed by atoms with Crippen molar-refractivity contribution in [1.29, 1.82) is 0 Å². The summed E-state index contributed by atoms with van der Waals surface area (Å²) in [6, 6.07) is 6.61. The second kappa shape index (κ2) is 8.58. The van der Waals surface area contributed by atoms with Crippen LogP contribution in [0.4, 0.5) is 4.39 Å². The monoisotopic (exact) mass is 334 g/mol. The van der Waals surface area contributed by atoms with Crippen LogP contribution in [0.15, 0.2) is 24.3 Å². The minimum absolute atomic E-state index is 0.174. The molecule has 4 nitrogen and oxygen atoms in total. The van der Waals surface area contributed by atoms with Crippen molar-refractivity contribution < 1.29 is 13.9 Å². The van der Waals surface area contributed by atoms with Crippen LogP contribution in [0.1, 0.15) is 31.2 Å². The van der Waals surface area contributed by atoms with Gasteiger partial charge in [-0.15, -0.1) is 0 Å². The first-order chi connectivity index (χ1) is 11.7. The lowest BCUT2D eigenvalue weighted by atomic mass is 9.98. The molecule has 3 rings (SSSR count). The Morgan fingerprint density at radius 3 is 2.62 bits per heavy atom. The van der Waals surface area contributed by atoms with E-state index in [0.717, 1.165) is 64.2 Å². The van der Waals surface area contributed by atoms with Gasteiger partial charge in [-0.3, -0.25) is 9.69 Å². The van der Waals surface area contributed by atoms with Gasteiger partial charge in [-0.2, -0.15) is 0 Å². The topological polar surface area (TPSA) is 32.8 Å². The van der Waals surface area contributed by atoms with Crippen molar-refractivity contribution in [1.82, 2.24) is 9.80 Å². The van der Waals surface area contributed by atoms with Crippen LogP contribution in [0, 0.1) is 5.82 Å². The second-order valence-electron chi connectivity index (χ2n) is 6.78. The zero-order chi connectivity index (χ0) is 16.8. The number of piperidine rings is 1. The number of carbonyl (C=O) groups excluding carboxylic acids is 1. The number of ether oxygens (including phenoxy) is 1. The molecule has 2 fully saturated rings. The second-order valence-corrected chi connectivity index (χ2v) is 6.78. The number of likely N-dealkylation sites (tertiary alicyclic amines) is 1. The third kappa shape index (κ3) is 4.77. The predicted molar refractivity (Wildman–Crippen MR) is 91.3 cm³/mol. The van der Waals surface area contributed by atoms with Crippen LogP contribution in [0.2, 0.25) is 0 Å². The molecule has 0 saturated carbocycles. The SMILES string of the molecule is O=C(Cc1ccc(F)cc1)N1CCCC[C@@H]1CCN1CCOCC1. The molecule has 0 aromatic heterocycles. The highest BCUT2D eigenvalue weighted by Gasteiger charge is 2.27. The van der Waals surface area contributed by atoms with Gasteiger partial charge in [0.15, 0.2) is 0 Å². The number of amides is 1. The van der Waals surface area contributed by atoms with E-state index >= 15 is 0 Å². The Kier molecular flexibility index (Phi) is 6.21. The molecule has 132 valence electrons. The molecule has 0 bridgehead atoms. The van der Waals surface area contributed by atoms with E-state index in [4.69, 9.17) is 4.74 Å². The Balaban J connectivity index is 1.54. The van der Waals surface area contributed by atoms with Crippen molar-refractivity contribution in [2.24, 2.45) is 0 Å². The molecule has 0 unspecified atom stereocenters. The summed E-state index contributed by atoms with van der Waals surface area (Å²) in [6.07, 6.45) is 4.79. The van der Waals surface area contributed by atoms with Crippen molar-refractivity contribution in [3.05, 3.63) is 35.6 Å². The van der Waals surface area contributed by atoms with Crippen LogP contribution in [0.25, 0.3) is 0 Å². The Morgan fingerprint density at radius 2 is 1.88 bits per heavy atom. The lowest BCUT2D eigenvalue weighted by Gasteiger charge is -2.37. The fourth-order valence-corrected chi connectivity index (χ4v) is 3.66. The van der Waals surface area contributed by atoms with E-state index in [9.17, 15) is 9.18 Å². The van der Waals surface area contributed by atoms with Gasteiger partial charge in [-0.05, 0) is 43.4 Å². The minimum Gasteiger partial charge on any atom is -0.379 e. The summed E-state index contributed by atoms with van der Waals surface area (Å²) in [5, 5.41) is 0. The molecule has 0 N–H and O–H groups in total. The lowest BCUT2D eigenvalue weighted by Crippen LogP contribution is -2.46. The van der Waals surface area contributed by atoms with Crippen molar-refractivity contribution in [3.63, 3.8) is 0 Å². The largest absolute Gasteiger partial charge is 0.379 e. The molecule has 2 saturated heterocycles. The maximum absolute atomic E-state index is 13.0. The summed E-state index contributed by atoms with van der Waals surface area (Å²) in [5.41, 5.74) is 0.888. The number of morpholine rings is 1. The number of hydrogen-bond donors (Lipinski definition) is 0. The van der Waals surface area contributed by atoms with Crippen molar-refractivity contribution in [2.45, 2.75) is 38.1 Å². The van der Waals surface area contributed by atoms with Gasteiger partial charge in [-0.1, -0.05) is 12.1 Å². The summed E-state index contributed by atoms with van der Waals surface area (Å²) in [7, 11) is 0. The Morgan fingerprint density at radius 1 is 1.12 bits per heavy atom. The predicted octanol–water partition coefficient (Wildman–Crippen LogP) is 2.47. The molecule has 0 radical (unpaired) electrons. The smallest absolute Gasteiger partial charge is 0.227 e. The van der Waals surface area contributed by atoms with Gasteiger partial charge in [-0.25, -0.2) is 4.39 Å². The highest BCUT2D eigenvalue weighted by molar-refractivity contribution is 5.79. The third-order valence-corrected chi connectivity index (χ3v) is 5.10. The van der Waals surface area contributed by atoms with Gasteiger partial charge in [0, 0.05) is 32.2 Å². The average molecular weight is 334 g/mol. The Bertz CT molecular complexity index is 529. The van der Waals surface area contributed by atoms with E-state index in [2.05, 4.69) is 9.80 Å². The van der Waals surface area contributed by atoms with E-state index in [1.54, 1.807) is 12.1 Å². The van der Waals surface area contributed by atoms with Crippen LogP contribution < -0.4 is 0 Å². The maximum Gasteiger partial charge on any atom is 0.227 e. The van der Waals surface area contributed by atoms with Gasteiger partial charge in [0.2, 0.25) is 5.91 Å². The zero-order valence-electron chi connectivity index (χ0n) is 14.3. The minimum atomic E-state index is -0.257. The van der Waals surface area contributed by atoms with Crippen LogP contribution in [0.3, 0.4) is 0 Å². The van der Waals surface area contributed by atoms with Gasteiger partial charge in [0.25, 0.3) is 0 Å². The first-order valence-electron chi connectivity index (χ1n) is 9.06. The molecule has 1 atom stereocenters. The highest BCUT2D eigenvalue weighted by atomic mass is 19.1. The normalized spacial score (nSPS) is 22.5. The van der Waals surface area contributed by atoms with Crippen LogP contribution in [-0.4, -0.2) is 61.1 Å². The molecule has 1 amide bonds. The number of rotatable bonds is 5. The van der Waals surface area contributed by atoms with Crippen molar-refractivity contribution >= 4 is 5.91 Å². The van der Waals surface area contributed by atoms with Crippen LogP contribution in [-0.2, 0) is 16.0 Å². The standard InChI is InChI=1S/C19H27FN2O2/c20-17-6-4-16(5-7-17)15-19(23)22-9-2-1-3-18(22)8-10-21-11-13-24-14-12-21/h4-7,18H,1-3,8-15H2/t18-/m1/s1. The van der Waals surface area contributed by atoms with E-state index in [1.807, 2.05) is 0 Å². The molecular formula is C19H27FN2O2. The van der Waals surface area contributed by atoms with E-state index < -0.39 is 0 Å². The molecule has 5 heteroatoms. The lowest BCUT2D eigenvalue weighted by molar-refractivity contribution is -0.134. The molecule has 2 aliphatic heterocycles. The fourth-order valence-electron chi connectivity index (χ4n) is 3.66. The molecular weight excluding hydrogens is 307 g/mol. The van der Waals surface area contributed by atoms with Gasteiger partial charge >= 0.3 is 0 Å². The molecule has 1 aromatic rings. The number of hydrogen-bond acceptors (Lipinski definition) is 3. The van der Waals surface area contributed by atoms with Crippen LogP contribution in [0.5, 0.6) is 0 Å². The third-order valence-electron chi connectivity index (χ3n) is 5.10. The highest BCUT2D eigenvalue weighted by Crippen LogP contribution is 2.21. The van der Waals surface area contributed by atoms with Gasteiger partial charge < -0.3 is 9.64 Å². The van der Waals surface area contributed by atoms with Gasteiger partial charge in [0.05, 0.1) is 19.6 Å². The molecule has 1 aromatic carbocycles. The Hall–Kier alpha value is -1.46. The van der Waals surface area contributed by atoms with Crippen molar-refractivity contribution in [3.8, 4) is 0 Å². The van der Waals surface area contributed by atoms with Crippen molar-refractivity contribution in [2.75, 3.05) is 39.4 Å². The van der Waals surface area contributed by atoms with E-state index in [0.29, 0.717) is 12.5 Å². The van der Waals surface area contributed by atoms with E-state index in [-0.39, 0.29) is 11.7 Å². The fraction of sp³-hybridized carbons (Fsp3) is 0.632. The first-order valence-corrected chi connectivity index (χ1v) is 9.06. The molecule has 2 heterocycles. The van der Waals surface area contributed by atoms with Crippen LogP contribution >= 0.6 is 0 Å². The number of nitrogens with zero attached hydrogens (tertiary/aromatic N) is 2. The van der Waals surface area contributed by atoms with E-state index in [1.165, 1.54) is 18.6 Å². The summed E-state index contributed by atoms with van der Waals surface area (Å²) < 4.78 is 18.4. The summed E-state index contributed by atoms with van der Waals surface area (Å²) in [5.74, 6) is -0.0826. The Labute approximate surface area is 143 Å². The quantitative estimate of drug-likeness (QED) is 0.829. The number of benzene rings is 1. The average Bonchev–Trinajstić information content (AvgIpc) is 2.63. The molecule has 24 heavy (non-hydrogen) atoms. The maximum atomic E-state index is 13.0. The summed E-state index contributed by atoms with van der Waals surface area (Å²) in [4.78, 5) is 17.2. The number of carbonyl (C=O) groups is 1. The van der Waals surface area contributed by atoms with Gasteiger partial charge in [0.1, 0.15) is 5.82 Å². The summed E-state index contributed by atoms with van der Waals surface area (Å²) in [6.45, 7) is 5.52. The zero-order valence-corrected chi connectivity index (χ0v) is 14.3. The first kappa shape index (κ1) is 17.4. The molecule has 0 spiro atoms. The number of halogens is 1. The summed E-state index contributed by atoms with van der Waals surface area (Å²) >= 11 is 0. The molecule has 0 aliphatic carbocycles. The molecule has 2 aliphatic rings.